The summed E-state index contributed by atoms with van der Waals surface area (Å²) in [5.74, 6) is 0.937. The van der Waals surface area contributed by atoms with Gasteiger partial charge in [-0.1, -0.05) is 0 Å². The molecule has 1 N–H and O–H groups in total. The Morgan fingerprint density at radius 1 is 1.14 bits per heavy atom. The number of aromatic amines is 1. The molecule has 0 aromatic carbocycles. The van der Waals surface area contributed by atoms with Gasteiger partial charge in [-0.3, -0.25) is 13.7 Å². The number of anilines is 1. The smallest absolute Gasteiger partial charge is 0.354 e. The molecule has 0 aliphatic carbocycles. The molecule has 9 nitrogen and oxygen atoms in total. The summed E-state index contributed by atoms with van der Waals surface area (Å²) in [4.78, 5) is 15.3. The Morgan fingerprint density at radius 3 is 2.64 bits per heavy atom. The second-order valence-electron chi connectivity index (χ2n) is 9.25. The van der Waals surface area contributed by atoms with Gasteiger partial charge in [0.1, 0.15) is 17.2 Å². The molecule has 2 atom stereocenters. The molecule has 0 unspecified atom stereocenters. The van der Waals surface area contributed by atoms with E-state index in [1.165, 1.54) is 16.7 Å². The molecule has 0 bridgehead atoms. The average molecular weight is 519 g/mol. The highest BCUT2D eigenvalue weighted by Crippen LogP contribution is 2.33. The van der Waals surface area contributed by atoms with Crippen molar-refractivity contribution in [1.82, 2.24) is 29.5 Å². The lowest BCUT2D eigenvalue weighted by Gasteiger charge is -2.37. The summed E-state index contributed by atoms with van der Waals surface area (Å²) in [5.41, 5.74) is 1.95. The van der Waals surface area contributed by atoms with Crippen molar-refractivity contribution in [3.05, 3.63) is 59.8 Å². The Bertz CT molecular complexity index is 1530. The zero-order valence-electron chi connectivity index (χ0n) is 19.9. The van der Waals surface area contributed by atoms with Gasteiger partial charge in [-0.15, -0.1) is 0 Å². The van der Waals surface area contributed by atoms with Crippen LogP contribution in [0.1, 0.15) is 29.2 Å². The fourth-order valence-corrected chi connectivity index (χ4v) is 5.52. The third kappa shape index (κ3) is 4.92. The Balaban J connectivity index is 1.53. The molecule has 13 heteroatoms. The van der Waals surface area contributed by atoms with Gasteiger partial charge in [0.25, 0.3) is 0 Å². The number of rotatable bonds is 4. The maximum Gasteiger partial charge on any atom is 0.417 e. The van der Waals surface area contributed by atoms with Gasteiger partial charge in [0.2, 0.25) is 0 Å². The van der Waals surface area contributed by atoms with Crippen molar-refractivity contribution in [2.24, 2.45) is 4.36 Å². The number of halogens is 3. The number of hydrogen-bond acceptors (Lipinski definition) is 7. The van der Waals surface area contributed by atoms with Gasteiger partial charge in [0.05, 0.1) is 24.0 Å². The summed E-state index contributed by atoms with van der Waals surface area (Å²) in [7, 11) is -2.33. The number of aromatic nitrogens is 6. The van der Waals surface area contributed by atoms with E-state index in [1.54, 1.807) is 31.0 Å². The van der Waals surface area contributed by atoms with Crippen LogP contribution in [0.5, 0.6) is 0 Å². The number of imidazole rings is 1. The van der Waals surface area contributed by atoms with E-state index >= 15 is 0 Å². The second kappa shape index (κ2) is 8.87. The number of nitrogens with one attached hydrogen (secondary N) is 1. The molecule has 1 saturated heterocycles. The summed E-state index contributed by atoms with van der Waals surface area (Å²) >= 11 is 0. The molecule has 0 saturated carbocycles. The predicted molar refractivity (Wildman–Crippen MR) is 130 cm³/mol. The zero-order valence-corrected chi connectivity index (χ0v) is 20.7. The van der Waals surface area contributed by atoms with Crippen molar-refractivity contribution in [1.29, 1.82) is 0 Å². The molecule has 1 fully saturated rings. The monoisotopic (exact) mass is 518 g/mol. The van der Waals surface area contributed by atoms with E-state index in [0.29, 0.717) is 30.2 Å². The Kier molecular flexibility index (Phi) is 5.97. The molecule has 0 amide bonds. The van der Waals surface area contributed by atoms with Crippen LogP contribution in [-0.4, -0.2) is 65.4 Å². The molecule has 190 valence electrons. The number of alkyl halides is 3. The van der Waals surface area contributed by atoms with Crippen LogP contribution in [-0.2, 0) is 15.9 Å². The number of piperidine rings is 1. The van der Waals surface area contributed by atoms with Crippen LogP contribution >= 0.6 is 0 Å². The lowest BCUT2D eigenvalue weighted by molar-refractivity contribution is -0.137. The highest BCUT2D eigenvalue weighted by Gasteiger charge is 2.32. The predicted octanol–water partition coefficient (Wildman–Crippen LogP) is 3.93. The first-order valence-corrected chi connectivity index (χ1v) is 13.6. The number of aryl methyl sites for hydroxylation is 1. The van der Waals surface area contributed by atoms with E-state index in [1.807, 2.05) is 6.92 Å². The molecular weight excluding hydrogens is 493 g/mol. The molecule has 5 heterocycles. The van der Waals surface area contributed by atoms with Crippen LogP contribution in [0.4, 0.5) is 19.0 Å². The zero-order chi connectivity index (χ0) is 25.7. The number of nitrogens with zero attached hydrogens (tertiary/aromatic N) is 7. The molecule has 1 aliphatic rings. The number of pyridine rings is 1. The topological polar surface area (TPSA) is 104 Å². The number of fused-ring (bicyclic) bond motifs is 1. The summed E-state index contributed by atoms with van der Waals surface area (Å²) in [6, 6.07) is 3.88. The quantitative estimate of drug-likeness (QED) is 0.439. The SMILES string of the molecule is Cc1[nH]ncc1[C@H]1C[C@H](N=S(C)(C)=O)CN(c2ccnc(-c3cnc4ccc(C(F)(F)F)cn34)n2)C1. The van der Waals surface area contributed by atoms with Crippen LogP contribution in [0, 0.1) is 6.92 Å². The van der Waals surface area contributed by atoms with Crippen LogP contribution in [0.25, 0.3) is 17.2 Å². The fourth-order valence-electron chi connectivity index (χ4n) is 4.65. The lowest BCUT2D eigenvalue weighted by Crippen LogP contribution is -2.42. The Morgan fingerprint density at radius 2 is 1.94 bits per heavy atom. The maximum absolute atomic E-state index is 13.3. The first-order chi connectivity index (χ1) is 17.0. The summed E-state index contributed by atoms with van der Waals surface area (Å²) in [6.45, 7) is 3.09. The van der Waals surface area contributed by atoms with Crippen molar-refractivity contribution in [3.63, 3.8) is 0 Å². The maximum atomic E-state index is 13.3. The minimum absolute atomic E-state index is 0.0801. The summed E-state index contributed by atoms with van der Waals surface area (Å²) < 4.78 is 58.3. The van der Waals surface area contributed by atoms with Gasteiger partial charge in [0, 0.05) is 59.3 Å². The standard InChI is InChI=1S/C23H25F3N8OS/c1-14-18(9-29-31-14)15-8-17(32-36(2,3)35)13-33(11-15)21-6-7-27-22(30-21)19-10-28-20-5-4-16(12-34(19)20)23(24,25)26/h4-7,9-10,12,15,17H,8,11,13H2,1-3H3,(H,29,31)/t15-,17-/m0/s1. The number of hydrogen-bond donors (Lipinski definition) is 1. The van der Waals surface area contributed by atoms with E-state index in [9.17, 15) is 17.4 Å². The Hall–Kier alpha value is -3.48. The van der Waals surface area contributed by atoms with E-state index in [2.05, 4.69) is 34.4 Å². The minimum Gasteiger partial charge on any atom is -0.354 e. The van der Waals surface area contributed by atoms with Crippen molar-refractivity contribution < 1.29 is 17.4 Å². The first kappa shape index (κ1) is 24.2. The van der Waals surface area contributed by atoms with Gasteiger partial charge in [-0.2, -0.15) is 18.3 Å². The molecule has 0 radical (unpaired) electrons. The van der Waals surface area contributed by atoms with Crippen molar-refractivity contribution in [2.75, 3.05) is 30.5 Å². The molecule has 0 spiro atoms. The van der Waals surface area contributed by atoms with Gasteiger partial charge in [-0.05, 0) is 37.1 Å². The first-order valence-electron chi connectivity index (χ1n) is 11.3. The average Bonchev–Trinajstić information content (AvgIpc) is 3.43. The van der Waals surface area contributed by atoms with E-state index in [4.69, 9.17) is 0 Å². The normalized spacial score (nSPS) is 19.1. The molecule has 5 rings (SSSR count). The molecular formula is C23H25F3N8OS. The van der Waals surface area contributed by atoms with E-state index in [0.717, 1.165) is 29.9 Å². The van der Waals surface area contributed by atoms with Crippen molar-refractivity contribution >= 4 is 21.2 Å². The van der Waals surface area contributed by atoms with Gasteiger partial charge >= 0.3 is 6.18 Å². The molecule has 4 aromatic heterocycles. The van der Waals surface area contributed by atoms with E-state index < -0.39 is 21.5 Å². The minimum atomic E-state index is -4.48. The van der Waals surface area contributed by atoms with Crippen molar-refractivity contribution in [2.45, 2.75) is 31.5 Å². The highest BCUT2D eigenvalue weighted by molar-refractivity contribution is 7.92. The van der Waals surface area contributed by atoms with Crippen LogP contribution in [0.15, 0.2) is 47.3 Å². The van der Waals surface area contributed by atoms with Gasteiger partial charge in [0.15, 0.2) is 5.82 Å². The van der Waals surface area contributed by atoms with Crippen molar-refractivity contribution in [3.8, 4) is 11.5 Å². The largest absolute Gasteiger partial charge is 0.417 e. The molecule has 36 heavy (non-hydrogen) atoms. The molecule has 4 aromatic rings. The van der Waals surface area contributed by atoms with Crippen LogP contribution in [0.2, 0.25) is 0 Å². The van der Waals surface area contributed by atoms with Crippen LogP contribution in [0.3, 0.4) is 0 Å². The second-order valence-corrected chi connectivity index (χ2v) is 11.8. The highest BCUT2D eigenvalue weighted by atomic mass is 32.2. The van der Waals surface area contributed by atoms with Crippen LogP contribution < -0.4 is 4.90 Å². The Labute approximate surface area is 206 Å². The van der Waals surface area contributed by atoms with Gasteiger partial charge in [-0.25, -0.2) is 19.3 Å². The lowest BCUT2D eigenvalue weighted by atomic mass is 9.88. The van der Waals surface area contributed by atoms with Gasteiger partial charge < -0.3 is 4.90 Å². The van der Waals surface area contributed by atoms with E-state index in [-0.39, 0.29) is 17.8 Å². The summed E-state index contributed by atoms with van der Waals surface area (Å²) in [5, 5.41) is 7.12. The fraction of sp³-hybridized carbons (Fsp3) is 0.391. The third-order valence-electron chi connectivity index (χ3n) is 6.17. The summed E-state index contributed by atoms with van der Waals surface area (Å²) in [6.07, 6.45) is 5.32. The third-order valence-corrected chi connectivity index (χ3v) is 6.97. The number of H-pyrrole nitrogens is 1. The molecule has 1 aliphatic heterocycles.